The highest BCUT2D eigenvalue weighted by molar-refractivity contribution is 6.04. The number of carbonyl (C=O) groups is 1. The molecule has 1 N–H and O–H groups in total. The Morgan fingerprint density at radius 1 is 1.16 bits per heavy atom. The highest BCUT2D eigenvalue weighted by atomic mass is 19.4. The van der Waals surface area contributed by atoms with Crippen molar-refractivity contribution in [3.8, 4) is 0 Å². The molecule has 0 unspecified atom stereocenters. The summed E-state index contributed by atoms with van der Waals surface area (Å²) in [5, 5.41) is 2.70. The Labute approximate surface area is 143 Å². The third kappa shape index (κ3) is 3.92. The van der Waals surface area contributed by atoms with Gasteiger partial charge in [-0.1, -0.05) is 0 Å². The number of aromatic nitrogens is 1. The summed E-state index contributed by atoms with van der Waals surface area (Å²) in [7, 11) is 0. The van der Waals surface area contributed by atoms with Gasteiger partial charge in [-0.2, -0.15) is 13.2 Å². The third-order valence-corrected chi connectivity index (χ3v) is 4.22. The van der Waals surface area contributed by atoms with Gasteiger partial charge < -0.3 is 10.2 Å². The van der Waals surface area contributed by atoms with Gasteiger partial charge in [-0.15, -0.1) is 0 Å². The molecule has 1 aliphatic rings. The zero-order chi connectivity index (χ0) is 18.0. The number of benzene rings is 1. The van der Waals surface area contributed by atoms with Crippen molar-refractivity contribution in [2.24, 2.45) is 0 Å². The van der Waals surface area contributed by atoms with Crippen LogP contribution in [0.5, 0.6) is 0 Å². The lowest BCUT2D eigenvalue weighted by Crippen LogP contribution is -2.19. The van der Waals surface area contributed by atoms with Crippen LogP contribution in [0.1, 0.15) is 34.5 Å². The van der Waals surface area contributed by atoms with Crippen molar-refractivity contribution in [1.82, 2.24) is 4.98 Å². The third-order valence-electron chi connectivity index (χ3n) is 4.22. The Bertz CT molecular complexity index is 766. The minimum atomic E-state index is -4.52. The van der Waals surface area contributed by atoms with Crippen molar-refractivity contribution in [1.29, 1.82) is 0 Å². The summed E-state index contributed by atoms with van der Waals surface area (Å²) < 4.78 is 37.5. The van der Waals surface area contributed by atoms with Crippen LogP contribution in [-0.2, 0) is 6.18 Å². The van der Waals surface area contributed by atoms with Crippen LogP contribution in [0.4, 0.5) is 24.5 Å². The Hall–Kier alpha value is -2.57. The lowest BCUT2D eigenvalue weighted by atomic mass is 10.1. The molecule has 7 heteroatoms. The number of nitrogens with zero attached hydrogens (tertiary/aromatic N) is 2. The van der Waals surface area contributed by atoms with Gasteiger partial charge in [0, 0.05) is 30.7 Å². The zero-order valence-corrected chi connectivity index (χ0v) is 13.7. The molecule has 132 valence electrons. The van der Waals surface area contributed by atoms with Crippen LogP contribution >= 0.6 is 0 Å². The van der Waals surface area contributed by atoms with Crippen LogP contribution in [0.15, 0.2) is 36.5 Å². The number of anilines is 2. The molecule has 0 saturated carbocycles. The smallest absolute Gasteiger partial charge is 0.371 e. The maximum absolute atomic E-state index is 12.5. The van der Waals surface area contributed by atoms with Crippen LogP contribution in [0, 0.1) is 6.92 Å². The maximum atomic E-state index is 12.5. The molecule has 1 aromatic heterocycles. The molecule has 0 bridgehead atoms. The molecule has 2 aromatic rings. The van der Waals surface area contributed by atoms with Crippen molar-refractivity contribution in [2.75, 3.05) is 23.3 Å². The average molecular weight is 349 g/mol. The molecule has 1 saturated heterocycles. The quantitative estimate of drug-likeness (QED) is 0.900. The Balaban J connectivity index is 1.71. The molecule has 1 amide bonds. The van der Waals surface area contributed by atoms with Gasteiger partial charge in [-0.25, -0.2) is 0 Å². The predicted octanol–water partition coefficient (Wildman–Crippen LogP) is 4.26. The van der Waals surface area contributed by atoms with Crippen molar-refractivity contribution in [2.45, 2.75) is 25.9 Å². The fourth-order valence-corrected chi connectivity index (χ4v) is 2.95. The molecule has 4 nitrogen and oxygen atoms in total. The fraction of sp³-hybridized carbons (Fsp3) is 0.333. The van der Waals surface area contributed by atoms with Crippen LogP contribution in [0.2, 0.25) is 0 Å². The van der Waals surface area contributed by atoms with Gasteiger partial charge in [0.2, 0.25) is 0 Å². The Morgan fingerprint density at radius 2 is 1.88 bits per heavy atom. The van der Waals surface area contributed by atoms with Gasteiger partial charge in [-0.3, -0.25) is 9.78 Å². The van der Waals surface area contributed by atoms with Crippen molar-refractivity contribution >= 4 is 17.3 Å². The number of pyridine rings is 1. The molecular weight excluding hydrogens is 331 g/mol. The molecule has 0 radical (unpaired) electrons. The number of hydrogen-bond acceptors (Lipinski definition) is 3. The summed E-state index contributed by atoms with van der Waals surface area (Å²) >= 11 is 0. The topological polar surface area (TPSA) is 45.2 Å². The number of alkyl halides is 3. The number of halogens is 3. The largest absolute Gasteiger partial charge is 0.433 e. The van der Waals surface area contributed by atoms with E-state index in [2.05, 4.69) is 15.2 Å². The van der Waals surface area contributed by atoms with E-state index in [-0.39, 0.29) is 5.56 Å². The van der Waals surface area contributed by atoms with Gasteiger partial charge in [-0.05, 0) is 55.7 Å². The Kier molecular flexibility index (Phi) is 4.65. The highest BCUT2D eigenvalue weighted by Gasteiger charge is 2.32. The van der Waals surface area contributed by atoms with Crippen LogP contribution < -0.4 is 10.2 Å². The van der Waals surface area contributed by atoms with E-state index < -0.39 is 17.8 Å². The van der Waals surface area contributed by atoms with E-state index in [1.54, 1.807) is 6.07 Å². The first-order valence-corrected chi connectivity index (χ1v) is 8.05. The molecule has 0 atom stereocenters. The van der Waals surface area contributed by atoms with Crippen LogP contribution in [0.25, 0.3) is 0 Å². The lowest BCUT2D eigenvalue weighted by Gasteiger charge is -2.20. The molecule has 1 aliphatic heterocycles. The van der Waals surface area contributed by atoms with E-state index in [4.69, 9.17) is 0 Å². The van der Waals surface area contributed by atoms with Gasteiger partial charge in [0.15, 0.2) is 0 Å². The first-order valence-electron chi connectivity index (χ1n) is 8.05. The van der Waals surface area contributed by atoms with E-state index in [1.165, 1.54) is 12.8 Å². The number of hydrogen-bond donors (Lipinski definition) is 1. The molecule has 0 spiro atoms. The SMILES string of the molecule is Cc1cc(NC(=O)c2ccc(C(F)(F)F)nc2)ccc1N1CCCC1. The van der Waals surface area contributed by atoms with Gasteiger partial charge in [0.05, 0.1) is 5.56 Å². The first-order chi connectivity index (χ1) is 11.8. The van der Waals surface area contributed by atoms with Gasteiger partial charge in [0.25, 0.3) is 5.91 Å². The monoisotopic (exact) mass is 349 g/mol. The maximum Gasteiger partial charge on any atom is 0.433 e. The molecule has 1 aromatic carbocycles. The minimum absolute atomic E-state index is 0.0780. The lowest BCUT2D eigenvalue weighted by molar-refractivity contribution is -0.141. The summed E-state index contributed by atoms with van der Waals surface area (Å²) in [6, 6.07) is 7.55. The summed E-state index contributed by atoms with van der Waals surface area (Å²) in [5.41, 5.74) is 1.85. The van der Waals surface area contributed by atoms with Crippen LogP contribution in [0.3, 0.4) is 0 Å². The van der Waals surface area contributed by atoms with E-state index in [0.717, 1.165) is 42.7 Å². The molecule has 25 heavy (non-hydrogen) atoms. The second kappa shape index (κ2) is 6.74. The first kappa shape index (κ1) is 17.3. The summed E-state index contributed by atoms with van der Waals surface area (Å²) in [6.07, 6.45) is -1.22. The normalized spacial score (nSPS) is 14.6. The molecule has 1 fully saturated rings. The van der Waals surface area contributed by atoms with E-state index in [0.29, 0.717) is 5.69 Å². The minimum Gasteiger partial charge on any atom is -0.371 e. The number of nitrogens with one attached hydrogen (secondary N) is 1. The molecule has 2 heterocycles. The zero-order valence-electron chi connectivity index (χ0n) is 13.7. The molecular formula is C18H18F3N3O. The van der Waals surface area contributed by atoms with Crippen molar-refractivity contribution < 1.29 is 18.0 Å². The summed E-state index contributed by atoms with van der Waals surface area (Å²) in [4.78, 5) is 17.8. The highest BCUT2D eigenvalue weighted by Crippen LogP contribution is 2.28. The second-order valence-electron chi connectivity index (χ2n) is 6.08. The fourth-order valence-electron chi connectivity index (χ4n) is 2.95. The second-order valence-corrected chi connectivity index (χ2v) is 6.08. The summed E-state index contributed by atoms with van der Waals surface area (Å²) in [5.74, 6) is -0.491. The van der Waals surface area contributed by atoms with Gasteiger partial charge >= 0.3 is 6.18 Å². The Morgan fingerprint density at radius 3 is 2.44 bits per heavy atom. The molecule has 3 rings (SSSR count). The standard InChI is InChI=1S/C18H18F3N3O/c1-12-10-14(5-6-15(12)24-8-2-3-9-24)23-17(25)13-4-7-16(22-11-13)18(19,20)21/h4-7,10-11H,2-3,8-9H2,1H3,(H,23,25). The van der Waals surface area contributed by atoms with E-state index >= 15 is 0 Å². The number of aryl methyl sites for hydroxylation is 1. The average Bonchev–Trinajstić information content (AvgIpc) is 3.08. The number of carbonyl (C=O) groups excluding carboxylic acids is 1. The summed E-state index contributed by atoms with van der Waals surface area (Å²) in [6.45, 7) is 4.04. The van der Waals surface area contributed by atoms with E-state index in [1.807, 2.05) is 19.1 Å². The van der Waals surface area contributed by atoms with Crippen LogP contribution in [-0.4, -0.2) is 24.0 Å². The van der Waals surface area contributed by atoms with Crippen molar-refractivity contribution in [3.63, 3.8) is 0 Å². The van der Waals surface area contributed by atoms with Crippen molar-refractivity contribution in [3.05, 3.63) is 53.3 Å². The number of amides is 1. The van der Waals surface area contributed by atoms with Gasteiger partial charge in [0.1, 0.15) is 5.69 Å². The molecule has 0 aliphatic carbocycles. The van der Waals surface area contributed by atoms with E-state index in [9.17, 15) is 18.0 Å². The predicted molar refractivity (Wildman–Crippen MR) is 89.8 cm³/mol. The number of rotatable bonds is 3.